The quantitative estimate of drug-likeness (QED) is 0.820. The molecule has 5 heteroatoms. The molecule has 0 saturated heterocycles. The van der Waals surface area contributed by atoms with Gasteiger partial charge in [0.2, 0.25) is 0 Å². The molecule has 0 aliphatic carbocycles. The summed E-state index contributed by atoms with van der Waals surface area (Å²) >= 11 is 2.17. The van der Waals surface area contributed by atoms with E-state index in [9.17, 15) is 9.59 Å². The first-order valence-electron chi connectivity index (χ1n) is 5.73. The Bertz CT molecular complexity index is 460. The van der Waals surface area contributed by atoms with E-state index in [1.165, 1.54) is 4.90 Å². The van der Waals surface area contributed by atoms with Crippen molar-refractivity contribution in [1.82, 2.24) is 4.90 Å². The van der Waals surface area contributed by atoms with Gasteiger partial charge < -0.3 is 10.0 Å². The fourth-order valence-corrected chi connectivity index (χ4v) is 2.11. The van der Waals surface area contributed by atoms with Crippen LogP contribution in [-0.2, 0) is 4.79 Å². The second-order valence-corrected chi connectivity index (χ2v) is 5.25. The first-order valence-corrected chi connectivity index (χ1v) is 6.80. The third kappa shape index (κ3) is 3.97. The molecule has 0 spiro atoms. The molecule has 0 aliphatic rings. The van der Waals surface area contributed by atoms with E-state index >= 15 is 0 Å². The van der Waals surface area contributed by atoms with Crippen molar-refractivity contribution in [1.29, 1.82) is 0 Å². The Kier molecular flexibility index (Phi) is 5.58. The van der Waals surface area contributed by atoms with Crippen LogP contribution < -0.4 is 0 Å². The maximum atomic E-state index is 12.2. The molecule has 1 aromatic carbocycles. The van der Waals surface area contributed by atoms with Gasteiger partial charge in [-0.3, -0.25) is 9.59 Å². The number of halogens is 1. The van der Waals surface area contributed by atoms with Crippen LogP contribution >= 0.6 is 22.6 Å². The van der Waals surface area contributed by atoms with Crippen molar-refractivity contribution in [2.75, 3.05) is 13.1 Å². The second kappa shape index (κ2) is 6.72. The van der Waals surface area contributed by atoms with Crippen LogP contribution in [0.3, 0.4) is 0 Å². The van der Waals surface area contributed by atoms with E-state index in [2.05, 4.69) is 22.6 Å². The zero-order valence-electron chi connectivity index (χ0n) is 10.4. The number of carboxylic acid groups (broad SMARTS) is 1. The molecule has 0 radical (unpaired) electrons. The predicted octanol–water partition coefficient (Wildman–Crippen LogP) is 2.54. The largest absolute Gasteiger partial charge is 0.480 e. The zero-order valence-corrected chi connectivity index (χ0v) is 12.6. The van der Waals surface area contributed by atoms with Gasteiger partial charge in [-0.25, -0.2) is 0 Å². The van der Waals surface area contributed by atoms with Gasteiger partial charge in [0.25, 0.3) is 5.91 Å². The molecular formula is C13H16INO3. The van der Waals surface area contributed by atoms with Gasteiger partial charge in [0.15, 0.2) is 0 Å². The van der Waals surface area contributed by atoms with Crippen molar-refractivity contribution in [3.05, 3.63) is 32.9 Å². The summed E-state index contributed by atoms with van der Waals surface area (Å²) in [5.41, 5.74) is 1.65. The molecule has 1 N–H and O–H groups in total. The molecule has 4 nitrogen and oxygen atoms in total. The van der Waals surface area contributed by atoms with Crippen LogP contribution in [0.4, 0.5) is 0 Å². The summed E-state index contributed by atoms with van der Waals surface area (Å²) in [6.07, 6.45) is 0.738. The highest BCUT2D eigenvalue weighted by Gasteiger charge is 2.18. The number of benzene rings is 1. The highest BCUT2D eigenvalue weighted by Crippen LogP contribution is 2.15. The van der Waals surface area contributed by atoms with Crippen LogP contribution in [0, 0.1) is 10.5 Å². The smallest absolute Gasteiger partial charge is 0.323 e. The monoisotopic (exact) mass is 361 g/mol. The van der Waals surface area contributed by atoms with Crippen molar-refractivity contribution in [2.24, 2.45) is 0 Å². The summed E-state index contributed by atoms with van der Waals surface area (Å²) in [6.45, 7) is 4.09. The maximum Gasteiger partial charge on any atom is 0.323 e. The molecular weight excluding hydrogens is 345 g/mol. The standard InChI is InChI=1S/C13H16INO3/c1-3-6-15(8-12(16)17)13(18)10-5-4-9(2)11(14)7-10/h4-5,7H,3,6,8H2,1-2H3,(H,16,17). The van der Waals surface area contributed by atoms with Crippen molar-refractivity contribution >= 4 is 34.5 Å². The van der Waals surface area contributed by atoms with Crippen LogP contribution in [-0.4, -0.2) is 35.0 Å². The maximum absolute atomic E-state index is 12.2. The lowest BCUT2D eigenvalue weighted by Gasteiger charge is -2.20. The lowest BCUT2D eigenvalue weighted by molar-refractivity contribution is -0.137. The Hall–Kier alpha value is -1.11. The number of hydrogen-bond donors (Lipinski definition) is 1. The van der Waals surface area contributed by atoms with Gasteiger partial charge in [-0.05, 0) is 53.6 Å². The topological polar surface area (TPSA) is 57.6 Å². The summed E-state index contributed by atoms with van der Waals surface area (Å²) in [7, 11) is 0. The molecule has 0 saturated carbocycles. The van der Waals surface area contributed by atoms with E-state index in [-0.39, 0.29) is 12.5 Å². The highest BCUT2D eigenvalue weighted by atomic mass is 127. The third-order valence-corrected chi connectivity index (χ3v) is 3.69. The minimum Gasteiger partial charge on any atom is -0.480 e. The molecule has 0 aromatic heterocycles. The first kappa shape index (κ1) is 14.9. The van der Waals surface area contributed by atoms with Crippen molar-refractivity contribution in [2.45, 2.75) is 20.3 Å². The average molecular weight is 361 g/mol. The van der Waals surface area contributed by atoms with E-state index in [4.69, 9.17) is 5.11 Å². The number of aryl methyl sites for hydroxylation is 1. The number of amides is 1. The number of nitrogens with zero attached hydrogens (tertiary/aromatic N) is 1. The first-order chi connectivity index (χ1) is 8.45. The third-order valence-electron chi connectivity index (χ3n) is 2.53. The fraction of sp³-hybridized carbons (Fsp3) is 0.385. The molecule has 1 amide bonds. The second-order valence-electron chi connectivity index (χ2n) is 4.08. The van der Waals surface area contributed by atoms with E-state index in [0.29, 0.717) is 12.1 Å². The molecule has 0 fully saturated rings. The predicted molar refractivity (Wildman–Crippen MR) is 77.7 cm³/mol. The van der Waals surface area contributed by atoms with Gasteiger partial charge in [0.05, 0.1) is 0 Å². The van der Waals surface area contributed by atoms with Gasteiger partial charge in [-0.15, -0.1) is 0 Å². The summed E-state index contributed by atoms with van der Waals surface area (Å²) < 4.78 is 1.00. The number of carbonyl (C=O) groups is 2. The Morgan fingerprint density at radius 1 is 1.39 bits per heavy atom. The molecule has 1 aromatic rings. The van der Waals surface area contributed by atoms with Gasteiger partial charge >= 0.3 is 5.97 Å². The van der Waals surface area contributed by atoms with Crippen molar-refractivity contribution < 1.29 is 14.7 Å². The highest BCUT2D eigenvalue weighted by molar-refractivity contribution is 14.1. The van der Waals surface area contributed by atoms with Gasteiger partial charge in [-0.2, -0.15) is 0 Å². The van der Waals surface area contributed by atoms with Crippen LogP contribution in [0.5, 0.6) is 0 Å². The average Bonchev–Trinajstić information content (AvgIpc) is 2.31. The Morgan fingerprint density at radius 3 is 2.56 bits per heavy atom. The van der Waals surface area contributed by atoms with Crippen molar-refractivity contribution in [3.8, 4) is 0 Å². The number of carboxylic acids is 1. The minimum atomic E-state index is -0.987. The van der Waals surface area contributed by atoms with E-state index in [1.807, 2.05) is 19.9 Å². The minimum absolute atomic E-state index is 0.225. The lowest BCUT2D eigenvalue weighted by Crippen LogP contribution is -2.36. The molecule has 0 unspecified atom stereocenters. The Labute approximate surface area is 120 Å². The van der Waals surface area contributed by atoms with Gasteiger partial charge in [-0.1, -0.05) is 13.0 Å². The molecule has 1 rings (SSSR count). The summed E-state index contributed by atoms with van der Waals surface area (Å²) in [5.74, 6) is -1.21. The van der Waals surface area contributed by atoms with Crippen LogP contribution in [0.15, 0.2) is 18.2 Å². The summed E-state index contributed by atoms with van der Waals surface area (Å²) in [5, 5.41) is 8.81. The fourth-order valence-electron chi connectivity index (χ4n) is 1.59. The van der Waals surface area contributed by atoms with Crippen LogP contribution in [0.2, 0.25) is 0 Å². The number of rotatable bonds is 5. The molecule has 0 bridgehead atoms. The number of carbonyl (C=O) groups excluding carboxylic acids is 1. The van der Waals surface area contributed by atoms with E-state index < -0.39 is 5.97 Å². The van der Waals surface area contributed by atoms with Crippen molar-refractivity contribution in [3.63, 3.8) is 0 Å². The number of aliphatic carboxylic acids is 1. The van der Waals surface area contributed by atoms with Gasteiger partial charge in [0, 0.05) is 15.7 Å². The van der Waals surface area contributed by atoms with Crippen LogP contribution in [0.25, 0.3) is 0 Å². The summed E-state index contributed by atoms with van der Waals surface area (Å²) in [6, 6.07) is 5.41. The normalized spacial score (nSPS) is 10.2. The summed E-state index contributed by atoms with van der Waals surface area (Å²) in [4.78, 5) is 24.3. The molecule has 0 aliphatic heterocycles. The molecule has 98 valence electrons. The molecule has 18 heavy (non-hydrogen) atoms. The molecule has 0 heterocycles. The lowest BCUT2D eigenvalue weighted by atomic mass is 10.1. The Morgan fingerprint density at radius 2 is 2.06 bits per heavy atom. The van der Waals surface area contributed by atoms with E-state index in [1.54, 1.807) is 12.1 Å². The molecule has 0 atom stereocenters. The Balaban J connectivity index is 2.93. The number of hydrogen-bond acceptors (Lipinski definition) is 2. The van der Waals surface area contributed by atoms with Gasteiger partial charge in [0.1, 0.15) is 6.54 Å². The van der Waals surface area contributed by atoms with Crippen LogP contribution in [0.1, 0.15) is 29.3 Å². The zero-order chi connectivity index (χ0) is 13.7. The van der Waals surface area contributed by atoms with E-state index in [0.717, 1.165) is 15.6 Å². The SMILES string of the molecule is CCCN(CC(=O)O)C(=O)c1ccc(C)c(I)c1.